The molecular weight excluding hydrogens is 392 g/mol. The molecule has 0 atom stereocenters. The summed E-state index contributed by atoms with van der Waals surface area (Å²) < 4.78 is 5.65. The maximum absolute atomic E-state index is 12.2. The van der Waals surface area contributed by atoms with Crippen molar-refractivity contribution in [3.8, 4) is 5.75 Å². The van der Waals surface area contributed by atoms with Gasteiger partial charge in [0.2, 0.25) is 5.91 Å². The molecule has 2 aromatic rings. The first-order valence-electron chi connectivity index (χ1n) is 9.52. The SMILES string of the molecule is Cc1nc(COc2ccc(C(=O)NNC(=O)CN3CCCCCC3=O)cc2)cs1. The van der Waals surface area contributed by atoms with Crippen molar-refractivity contribution in [3.05, 3.63) is 45.9 Å². The minimum Gasteiger partial charge on any atom is -0.487 e. The topological polar surface area (TPSA) is 101 Å². The number of thiazole rings is 1. The highest BCUT2D eigenvalue weighted by Crippen LogP contribution is 2.15. The Morgan fingerprint density at radius 3 is 2.69 bits per heavy atom. The number of hydrazine groups is 1. The average Bonchev–Trinajstić information content (AvgIpc) is 3.04. The van der Waals surface area contributed by atoms with Gasteiger partial charge in [0.25, 0.3) is 11.8 Å². The third-order valence-electron chi connectivity index (χ3n) is 4.49. The molecule has 0 radical (unpaired) electrons. The molecule has 0 spiro atoms. The zero-order valence-electron chi connectivity index (χ0n) is 16.3. The molecular formula is C20H24N4O4S. The van der Waals surface area contributed by atoms with Gasteiger partial charge in [-0.05, 0) is 44.0 Å². The van der Waals surface area contributed by atoms with Crippen molar-refractivity contribution in [2.45, 2.75) is 39.2 Å². The number of amides is 3. The largest absolute Gasteiger partial charge is 0.487 e. The summed E-state index contributed by atoms with van der Waals surface area (Å²) in [6.45, 7) is 2.82. The van der Waals surface area contributed by atoms with Crippen molar-refractivity contribution < 1.29 is 19.1 Å². The Morgan fingerprint density at radius 2 is 1.97 bits per heavy atom. The third-order valence-corrected chi connectivity index (χ3v) is 5.31. The Morgan fingerprint density at radius 1 is 1.17 bits per heavy atom. The summed E-state index contributed by atoms with van der Waals surface area (Å²) in [5.41, 5.74) is 5.98. The van der Waals surface area contributed by atoms with Gasteiger partial charge in [-0.2, -0.15) is 0 Å². The summed E-state index contributed by atoms with van der Waals surface area (Å²) in [4.78, 5) is 42.0. The van der Waals surface area contributed by atoms with Gasteiger partial charge in [0, 0.05) is 23.9 Å². The van der Waals surface area contributed by atoms with Crippen molar-refractivity contribution >= 4 is 29.1 Å². The van der Waals surface area contributed by atoms with Crippen molar-refractivity contribution in [1.82, 2.24) is 20.7 Å². The standard InChI is InChI=1S/C20H24N4O4S/c1-14-21-16(13-29-14)12-28-17-8-6-15(7-9-17)20(27)23-22-18(25)11-24-10-4-2-3-5-19(24)26/h6-9,13H,2-5,10-12H2,1H3,(H,22,25)(H,23,27). The lowest BCUT2D eigenvalue weighted by atomic mass is 10.2. The van der Waals surface area contributed by atoms with E-state index in [-0.39, 0.29) is 12.5 Å². The lowest BCUT2D eigenvalue weighted by Gasteiger charge is -2.19. The molecule has 0 unspecified atom stereocenters. The second-order valence-corrected chi connectivity index (χ2v) is 7.86. The van der Waals surface area contributed by atoms with Crippen LogP contribution in [-0.2, 0) is 16.2 Å². The quantitative estimate of drug-likeness (QED) is 0.703. The number of carbonyl (C=O) groups is 3. The minimum atomic E-state index is -0.442. The molecule has 0 aliphatic carbocycles. The van der Waals surface area contributed by atoms with Gasteiger partial charge in [0.1, 0.15) is 18.9 Å². The first-order chi connectivity index (χ1) is 14.0. The molecule has 2 heterocycles. The van der Waals surface area contributed by atoms with Crippen LogP contribution in [0.2, 0.25) is 0 Å². The lowest BCUT2D eigenvalue weighted by molar-refractivity contribution is -0.135. The molecule has 1 aliphatic rings. The molecule has 1 aliphatic heterocycles. The highest BCUT2D eigenvalue weighted by Gasteiger charge is 2.19. The van der Waals surface area contributed by atoms with Crippen molar-refractivity contribution in [2.75, 3.05) is 13.1 Å². The van der Waals surface area contributed by atoms with Crippen LogP contribution in [0.25, 0.3) is 0 Å². The molecule has 1 fully saturated rings. The molecule has 1 saturated heterocycles. The highest BCUT2D eigenvalue weighted by atomic mass is 32.1. The van der Waals surface area contributed by atoms with Crippen molar-refractivity contribution in [1.29, 1.82) is 0 Å². The van der Waals surface area contributed by atoms with E-state index in [0.717, 1.165) is 30.0 Å². The van der Waals surface area contributed by atoms with E-state index in [0.29, 0.717) is 30.9 Å². The maximum Gasteiger partial charge on any atom is 0.269 e. The first kappa shape index (κ1) is 20.8. The number of rotatable bonds is 6. The maximum atomic E-state index is 12.2. The zero-order valence-corrected chi connectivity index (χ0v) is 17.1. The van der Waals surface area contributed by atoms with Crippen molar-refractivity contribution in [2.24, 2.45) is 0 Å². The fourth-order valence-corrected chi connectivity index (χ4v) is 3.55. The molecule has 3 amide bonds. The minimum absolute atomic E-state index is 0.0209. The summed E-state index contributed by atoms with van der Waals surface area (Å²) in [6, 6.07) is 6.60. The second kappa shape index (κ2) is 10.0. The Kier molecular flexibility index (Phi) is 7.18. The normalized spacial score (nSPS) is 14.2. The molecule has 8 nitrogen and oxygen atoms in total. The molecule has 0 bridgehead atoms. The summed E-state index contributed by atoms with van der Waals surface area (Å²) >= 11 is 1.57. The van der Waals surface area contributed by atoms with Crippen molar-refractivity contribution in [3.63, 3.8) is 0 Å². The highest BCUT2D eigenvalue weighted by molar-refractivity contribution is 7.09. The van der Waals surface area contributed by atoms with Crippen LogP contribution in [0.3, 0.4) is 0 Å². The van der Waals surface area contributed by atoms with Gasteiger partial charge in [-0.25, -0.2) is 4.98 Å². The Labute approximate surface area is 173 Å². The number of nitrogens with zero attached hydrogens (tertiary/aromatic N) is 2. The summed E-state index contributed by atoms with van der Waals surface area (Å²) in [6.07, 6.45) is 3.21. The number of likely N-dealkylation sites (tertiary alicyclic amines) is 1. The molecule has 1 aromatic heterocycles. The number of ether oxygens (including phenoxy) is 1. The van der Waals surface area contributed by atoms with E-state index in [9.17, 15) is 14.4 Å². The number of hydrogen-bond donors (Lipinski definition) is 2. The Balaban J connectivity index is 1.43. The van der Waals surface area contributed by atoms with E-state index < -0.39 is 11.8 Å². The van der Waals surface area contributed by atoms with Crippen LogP contribution in [0, 0.1) is 6.92 Å². The fraction of sp³-hybridized carbons (Fsp3) is 0.400. The molecule has 9 heteroatoms. The van der Waals surface area contributed by atoms with Gasteiger partial charge in [-0.1, -0.05) is 6.42 Å². The smallest absolute Gasteiger partial charge is 0.269 e. The van der Waals surface area contributed by atoms with Gasteiger partial charge in [-0.3, -0.25) is 25.2 Å². The number of carbonyl (C=O) groups excluding carboxylic acids is 3. The van der Waals surface area contributed by atoms with E-state index in [1.807, 2.05) is 12.3 Å². The summed E-state index contributed by atoms with van der Waals surface area (Å²) in [7, 11) is 0. The summed E-state index contributed by atoms with van der Waals surface area (Å²) in [5, 5.41) is 2.93. The van der Waals surface area contributed by atoms with E-state index in [2.05, 4.69) is 15.8 Å². The van der Waals surface area contributed by atoms with E-state index in [4.69, 9.17) is 4.74 Å². The zero-order chi connectivity index (χ0) is 20.6. The Hall–Kier alpha value is -2.94. The van der Waals surface area contributed by atoms with Crippen LogP contribution in [0.4, 0.5) is 0 Å². The lowest BCUT2D eigenvalue weighted by Crippen LogP contribution is -2.47. The molecule has 29 heavy (non-hydrogen) atoms. The van der Waals surface area contributed by atoms with Gasteiger partial charge >= 0.3 is 0 Å². The third kappa shape index (κ3) is 6.28. The predicted molar refractivity (Wildman–Crippen MR) is 108 cm³/mol. The van der Waals surface area contributed by atoms with Gasteiger partial charge < -0.3 is 9.64 Å². The molecule has 2 N–H and O–H groups in total. The van der Waals surface area contributed by atoms with Crippen LogP contribution in [0.15, 0.2) is 29.6 Å². The molecule has 1 aromatic carbocycles. The fourth-order valence-electron chi connectivity index (χ4n) is 2.95. The van der Waals surface area contributed by atoms with Crippen LogP contribution in [0.5, 0.6) is 5.75 Å². The van der Waals surface area contributed by atoms with Crippen LogP contribution >= 0.6 is 11.3 Å². The van der Waals surface area contributed by atoms with Crippen LogP contribution in [0.1, 0.15) is 46.7 Å². The van der Waals surface area contributed by atoms with Gasteiger partial charge in [-0.15, -0.1) is 11.3 Å². The predicted octanol–water partition coefficient (Wildman–Crippen LogP) is 2.19. The van der Waals surface area contributed by atoms with E-state index in [1.54, 1.807) is 35.6 Å². The molecule has 3 rings (SSSR count). The average molecular weight is 417 g/mol. The number of hydrogen-bond acceptors (Lipinski definition) is 6. The summed E-state index contributed by atoms with van der Waals surface area (Å²) in [5.74, 6) is -0.266. The monoisotopic (exact) mass is 416 g/mol. The van der Waals surface area contributed by atoms with Crippen LogP contribution in [-0.4, -0.2) is 40.7 Å². The van der Waals surface area contributed by atoms with E-state index >= 15 is 0 Å². The Bertz CT molecular complexity index is 866. The second-order valence-electron chi connectivity index (χ2n) is 6.80. The first-order valence-corrected chi connectivity index (χ1v) is 10.4. The molecule has 0 saturated carbocycles. The van der Waals surface area contributed by atoms with Gasteiger partial charge in [0.05, 0.1) is 10.7 Å². The number of aryl methyl sites for hydroxylation is 1. The number of nitrogens with one attached hydrogen (secondary N) is 2. The number of aromatic nitrogens is 1. The number of benzene rings is 1. The molecule has 154 valence electrons. The van der Waals surface area contributed by atoms with Crippen LogP contribution < -0.4 is 15.6 Å². The van der Waals surface area contributed by atoms with Gasteiger partial charge in [0.15, 0.2) is 0 Å². The van der Waals surface area contributed by atoms with E-state index in [1.165, 1.54) is 4.90 Å².